The van der Waals surface area contributed by atoms with Gasteiger partial charge in [-0.3, -0.25) is 4.79 Å². The van der Waals surface area contributed by atoms with Crippen LogP contribution in [-0.2, 0) is 16.1 Å². The van der Waals surface area contributed by atoms with Crippen LogP contribution < -0.4 is 4.74 Å². The van der Waals surface area contributed by atoms with Crippen LogP contribution in [0.15, 0.2) is 11.6 Å². The van der Waals surface area contributed by atoms with Gasteiger partial charge in [0.25, 0.3) is 0 Å². The molecular weight excluding hydrogens is 340 g/mol. The molecule has 0 aromatic heterocycles. The van der Waals surface area contributed by atoms with E-state index in [1.165, 1.54) is 0 Å². The van der Waals surface area contributed by atoms with Crippen LogP contribution in [0.5, 0.6) is 5.75 Å². The van der Waals surface area contributed by atoms with Crippen molar-refractivity contribution in [3.8, 4) is 5.75 Å². The lowest BCUT2D eigenvalue weighted by molar-refractivity contribution is -0.147. The number of methoxy groups -OCH3 is 1. The molecule has 2 atom stereocenters. The minimum absolute atomic E-state index is 0.0518. The molecule has 1 aliphatic carbocycles. The number of carbonyl (C=O) groups is 1. The zero-order chi connectivity index (χ0) is 19.1. The molecule has 0 heterocycles. The van der Waals surface area contributed by atoms with Crippen molar-refractivity contribution < 1.29 is 31.8 Å². The van der Waals surface area contributed by atoms with Gasteiger partial charge in [0.15, 0.2) is 17.4 Å². The molecule has 1 aliphatic rings. The van der Waals surface area contributed by atoms with E-state index in [1.54, 1.807) is 0 Å². The standard InChI is InChI=1S/C18H20F4O3/c1-8(2)6-10-11(18(10,3)4)17(23)25-7-9-12(19)14(21)16(24-5)15(22)13(9)20/h6,10-11H,7H2,1-5H3/t10-,11+/m1/s1. The first-order valence-corrected chi connectivity index (χ1v) is 7.74. The maximum Gasteiger partial charge on any atom is 0.310 e. The first-order chi connectivity index (χ1) is 11.5. The largest absolute Gasteiger partial charge is 0.491 e. The molecule has 7 heteroatoms. The highest BCUT2D eigenvalue weighted by Gasteiger charge is 2.61. The van der Waals surface area contributed by atoms with Crippen molar-refractivity contribution in [2.24, 2.45) is 17.3 Å². The third-order valence-corrected chi connectivity index (χ3v) is 4.55. The second kappa shape index (κ2) is 6.69. The van der Waals surface area contributed by atoms with E-state index < -0.39 is 53.1 Å². The maximum atomic E-state index is 13.9. The lowest BCUT2D eigenvalue weighted by Gasteiger charge is -2.11. The Balaban J connectivity index is 2.18. The average molecular weight is 360 g/mol. The van der Waals surface area contributed by atoms with Crippen LogP contribution in [0.4, 0.5) is 17.6 Å². The normalized spacial score (nSPS) is 20.8. The van der Waals surface area contributed by atoms with Gasteiger partial charge in [0.1, 0.15) is 6.61 Å². The van der Waals surface area contributed by atoms with Crippen molar-refractivity contribution in [1.29, 1.82) is 0 Å². The fourth-order valence-electron chi connectivity index (χ4n) is 2.99. The summed E-state index contributed by atoms with van der Waals surface area (Å²) in [6, 6.07) is 0. The van der Waals surface area contributed by atoms with Crippen LogP contribution in [0.1, 0.15) is 33.3 Å². The average Bonchev–Trinajstić information content (AvgIpc) is 3.05. The van der Waals surface area contributed by atoms with Gasteiger partial charge in [-0.2, -0.15) is 8.78 Å². The molecule has 0 unspecified atom stereocenters. The van der Waals surface area contributed by atoms with E-state index >= 15 is 0 Å². The molecule has 3 nitrogen and oxygen atoms in total. The maximum absolute atomic E-state index is 13.9. The molecule has 0 aliphatic heterocycles. The van der Waals surface area contributed by atoms with Gasteiger partial charge >= 0.3 is 5.97 Å². The summed E-state index contributed by atoms with van der Waals surface area (Å²) in [5, 5.41) is 0. The van der Waals surface area contributed by atoms with Crippen molar-refractivity contribution in [2.75, 3.05) is 7.11 Å². The van der Waals surface area contributed by atoms with Crippen LogP contribution in [-0.4, -0.2) is 13.1 Å². The fourth-order valence-corrected chi connectivity index (χ4v) is 2.99. The zero-order valence-corrected chi connectivity index (χ0v) is 14.7. The van der Waals surface area contributed by atoms with Crippen LogP contribution in [0.2, 0.25) is 0 Å². The highest BCUT2D eigenvalue weighted by Crippen LogP contribution is 2.59. The molecule has 0 amide bonds. The summed E-state index contributed by atoms with van der Waals surface area (Å²) in [5.41, 5.74) is -0.298. The number of hydrogen-bond acceptors (Lipinski definition) is 3. The Labute approximate surface area is 143 Å². The van der Waals surface area contributed by atoms with Gasteiger partial charge in [0.05, 0.1) is 18.6 Å². The number of rotatable bonds is 5. The van der Waals surface area contributed by atoms with Crippen LogP contribution in [0.25, 0.3) is 0 Å². The summed E-state index contributed by atoms with van der Waals surface area (Å²) in [5.74, 6) is -8.95. The van der Waals surface area contributed by atoms with Gasteiger partial charge in [0.2, 0.25) is 11.6 Å². The molecule has 0 bridgehead atoms. The van der Waals surface area contributed by atoms with Crippen LogP contribution in [0, 0.1) is 40.5 Å². The lowest BCUT2D eigenvalue weighted by Crippen LogP contribution is -2.14. The van der Waals surface area contributed by atoms with Gasteiger partial charge in [-0.25, -0.2) is 8.78 Å². The van der Waals surface area contributed by atoms with Gasteiger partial charge < -0.3 is 9.47 Å². The number of halogens is 4. The SMILES string of the molecule is COc1c(F)c(F)c(COC(=O)[C@@H]2[C@@H](C=C(C)C)C2(C)C)c(F)c1F. The monoisotopic (exact) mass is 360 g/mol. The Hall–Kier alpha value is -2.05. The predicted octanol–water partition coefficient (Wildman–Crippen LogP) is 4.53. The van der Waals surface area contributed by atoms with E-state index in [4.69, 9.17) is 4.74 Å². The molecule has 0 saturated heterocycles. The summed E-state index contributed by atoms with van der Waals surface area (Å²) < 4.78 is 64.4. The summed E-state index contributed by atoms with van der Waals surface area (Å²) >= 11 is 0. The first-order valence-electron chi connectivity index (χ1n) is 7.74. The van der Waals surface area contributed by atoms with E-state index in [0.717, 1.165) is 12.7 Å². The van der Waals surface area contributed by atoms with E-state index in [2.05, 4.69) is 4.74 Å². The summed E-state index contributed by atoms with van der Waals surface area (Å²) in [7, 11) is 0.888. The number of benzene rings is 1. The van der Waals surface area contributed by atoms with Crippen LogP contribution in [0.3, 0.4) is 0 Å². The second-order valence-corrected chi connectivity index (χ2v) is 6.94. The molecule has 138 valence electrons. The smallest absolute Gasteiger partial charge is 0.310 e. The molecule has 0 radical (unpaired) electrons. The number of hydrogen-bond donors (Lipinski definition) is 0. The van der Waals surface area contributed by atoms with Crippen molar-refractivity contribution in [3.05, 3.63) is 40.5 Å². The van der Waals surface area contributed by atoms with Crippen molar-refractivity contribution in [2.45, 2.75) is 34.3 Å². The van der Waals surface area contributed by atoms with E-state index in [9.17, 15) is 22.4 Å². The number of allylic oxidation sites excluding steroid dienone is 2. The van der Waals surface area contributed by atoms with Gasteiger partial charge in [0, 0.05) is 0 Å². The Morgan fingerprint density at radius 1 is 1.08 bits per heavy atom. The van der Waals surface area contributed by atoms with Crippen LogP contribution >= 0.6 is 0 Å². The molecule has 0 N–H and O–H groups in total. The minimum Gasteiger partial charge on any atom is -0.491 e. The molecule has 1 aromatic rings. The third kappa shape index (κ3) is 3.37. The zero-order valence-electron chi connectivity index (χ0n) is 14.7. The highest BCUT2D eigenvalue weighted by atomic mass is 19.2. The Bertz CT molecular complexity index is 707. The van der Waals surface area contributed by atoms with Gasteiger partial charge in [-0.15, -0.1) is 0 Å². The molecule has 25 heavy (non-hydrogen) atoms. The van der Waals surface area contributed by atoms with E-state index in [1.807, 2.05) is 33.8 Å². The quantitative estimate of drug-likeness (QED) is 0.335. The molecule has 1 fully saturated rings. The third-order valence-electron chi connectivity index (χ3n) is 4.55. The minimum atomic E-state index is -1.67. The summed E-state index contributed by atoms with van der Waals surface area (Å²) in [6.45, 7) is 6.63. The lowest BCUT2D eigenvalue weighted by atomic mass is 10.1. The second-order valence-electron chi connectivity index (χ2n) is 6.94. The fraction of sp³-hybridized carbons (Fsp3) is 0.500. The number of esters is 1. The molecule has 0 spiro atoms. The van der Waals surface area contributed by atoms with Crippen molar-refractivity contribution in [1.82, 2.24) is 0 Å². The Kier molecular flexibility index (Phi) is 5.16. The summed E-state index contributed by atoms with van der Waals surface area (Å²) in [4.78, 5) is 12.2. The Morgan fingerprint density at radius 3 is 2.04 bits per heavy atom. The van der Waals surface area contributed by atoms with Gasteiger partial charge in [-0.05, 0) is 25.2 Å². The van der Waals surface area contributed by atoms with Crippen molar-refractivity contribution in [3.63, 3.8) is 0 Å². The Morgan fingerprint density at radius 2 is 1.60 bits per heavy atom. The topological polar surface area (TPSA) is 35.5 Å². The van der Waals surface area contributed by atoms with Crippen molar-refractivity contribution >= 4 is 5.97 Å². The predicted molar refractivity (Wildman–Crippen MR) is 82.8 cm³/mol. The highest BCUT2D eigenvalue weighted by molar-refractivity contribution is 5.78. The number of ether oxygens (including phenoxy) is 2. The first kappa shape index (κ1) is 19.3. The number of carbonyl (C=O) groups excluding carboxylic acids is 1. The molecule has 1 saturated carbocycles. The molecular formula is C18H20F4O3. The molecule has 1 aromatic carbocycles. The molecule has 2 rings (SSSR count). The summed E-state index contributed by atoms with van der Waals surface area (Å²) in [6.07, 6.45) is 1.93. The van der Waals surface area contributed by atoms with E-state index in [-0.39, 0.29) is 11.3 Å². The van der Waals surface area contributed by atoms with Gasteiger partial charge in [-0.1, -0.05) is 25.5 Å². The van der Waals surface area contributed by atoms with E-state index in [0.29, 0.717) is 0 Å².